The van der Waals surface area contributed by atoms with E-state index >= 15 is 0 Å². The number of hydrogen-bond donors (Lipinski definition) is 2. The van der Waals surface area contributed by atoms with Gasteiger partial charge in [-0.25, -0.2) is 0 Å². The highest BCUT2D eigenvalue weighted by Crippen LogP contribution is 2.20. The van der Waals surface area contributed by atoms with Gasteiger partial charge in [-0.2, -0.15) is 0 Å². The van der Waals surface area contributed by atoms with E-state index < -0.39 is 0 Å². The second-order valence-electron chi connectivity index (χ2n) is 6.45. The van der Waals surface area contributed by atoms with Crippen LogP contribution in [0.4, 0.5) is 5.13 Å². The van der Waals surface area contributed by atoms with Gasteiger partial charge in [0.1, 0.15) is 5.01 Å². The Balaban J connectivity index is 1.38. The number of aromatic nitrogens is 2. The summed E-state index contributed by atoms with van der Waals surface area (Å²) in [7, 11) is 0. The summed E-state index contributed by atoms with van der Waals surface area (Å²) in [6.07, 6.45) is 0.911. The minimum Gasteiger partial charge on any atom is -0.352 e. The van der Waals surface area contributed by atoms with Crippen molar-refractivity contribution in [1.29, 1.82) is 0 Å². The first-order valence-corrected chi connectivity index (χ1v) is 11.5. The quantitative estimate of drug-likeness (QED) is 0.456. The Bertz CT molecular complexity index is 1010. The molecule has 3 rings (SSSR count). The fourth-order valence-electron chi connectivity index (χ4n) is 2.51. The van der Waals surface area contributed by atoms with Crippen molar-refractivity contribution in [3.05, 3.63) is 69.7 Å². The van der Waals surface area contributed by atoms with Crippen LogP contribution < -0.4 is 10.6 Å². The Morgan fingerprint density at radius 3 is 2.63 bits per heavy atom. The number of rotatable bonds is 9. The van der Waals surface area contributed by atoms with E-state index in [2.05, 4.69) is 45.1 Å². The van der Waals surface area contributed by atoms with E-state index in [0.717, 1.165) is 9.90 Å². The molecule has 0 atom stereocenters. The van der Waals surface area contributed by atoms with Gasteiger partial charge in [-0.3, -0.25) is 9.59 Å². The number of benzene rings is 2. The number of carbonyl (C=O) groups excluding carboxylic acids is 2. The van der Waals surface area contributed by atoms with Gasteiger partial charge in [-0.05, 0) is 31.2 Å². The number of hydrogen-bond acceptors (Lipinski definition) is 6. The Morgan fingerprint density at radius 1 is 1.10 bits per heavy atom. The van der Waals surface area contributed by atoms with Gasteiger partial charge < -0.3 is 10.6 Å². The minimum absolute atomic E-state index is 0.0932. The molecule has 0 aliphatic rings. The number of carbonyl (C=O) groups is 2. The van der Waals surface area contributed by atoms with Crippen LogP contribution >= 0.6 is 34.7 Å². The number of aryl methyl sites for hydroxylation is 1. The number of nitrogens with one attached hydrogen (secondary N) is 2. The first-order chi connectivity index (χ1) is 14.5. The van der Waals surface area contributed by atoms with Crippen molar-refractivity contribution in [3.8, 4) is 0 Å². The van der Waals surface area contributed by atoms with Gasteiger partial charge in [0.25, 0.3) is 5.91 Å². The van der Waals surface area contributed by atoms with Crippen LogP contribution in [0.25, 0.3) is 0 Å². The summed E-state index contributed by atoms with van der Waals surface area (Å²) in [5, 5.41) is 15.3. The van der Waals surface area contributed by atoms with Crippen LogP contribution in [-0.2, 0) is 11.2 Å². The Kier molecular flexibility index (Phi) is 8.24. The Labute approximate surface area is 188 Å². The van der Waals surface area contributed by atoms with Crippen molar-refractivity contribution in [2.24, 2.45) is 0 Å². The molecule has 3 aromatic rings. The molecule has 9 heteroatoms. The number of nitrogens with zero attached hydrogens (tertiary/aromatic N) is 2. The summed E-state index contributed by atoms with van der Waals surface area (Å²) in [6, 6.07) is 15.1. The lowest BCUT2D eigenvalue weighted by atomic mass is 10.2. The fourth-order valence-corrected chi connectivity index (χ4v) is 4.34. The zero-order chi connectivity index (χ0) is 21.3. The second kappa shape index (κ2) is 11.1. The predicted octanol–water partition coefficient (Wildman–Crippen LogP) is 4.59. The van der Waals surface area contributed by atoms with Gasteiger partial charge in [0, 0.05) is 30.0 Å². The zero-order valence-corrected chi connectivity index (χ0v) is 18.7. The van der Waals surface area contributed by atoms with Gasteiger partial charge in [-0.1, -0.05) is 52.8 Å². The van der Waals surface area contributed by atoms with Crippen LogP contribution in [0.1, 0.15) is 27.3 Å². The third kappa shape index (κ3) is 6.83. The first kappa shape index (κ1) is 22.3. The molecule has 0 spiro atoms. The SMILES string of the molecule is Cc1ccc(SCCC(=O)Nc2nnc(CCNC(=O)c3ccccc3Cl)s2)cc1. The van der Waals surface area contributed by atoms with Crippen LogP contribution in [0.15, 0.2) is 53.4 Å². The Morgan fingerprint density at radius 2 is 1.87 bits per heavy atom. The average Bonchev–Trinajstić information content (AvgIpc) is 3.16. The molecule has 0 aliphatic heterocycles. The zero-order valence-electron chi connectivity index (χ0n) is 16.4. The number of thioether (sulfide) groups is 1. The molecule has 0 fully saturated rings. The number of halogens is 1. The van der Waals surface area contributed by atoms with Crippen LogP contribution in [0.3, 0.4) is 0 Å². The van der Waals surface area contributed by atoms with Crippen molar-refractivity contribution in [2.45, 2.75) is 24.7 Å². The highest BCUT2D eigenvalue weighted by molar-refractivity contribution is 7.99. The molecule has 1 heterocycles. The summed E-state index contributed by atoms with van der Waals surface area (Å²) >= 11 is 8.97. The lowest BCUT2D eigenvalue weighted by molar-refractivity contribution is -0.115. The van der Waals surface area contributed by atoms with E-state index in [1.54, 1.807) is 36.0 Å². The smallest absolute Gasteiger partial charge is 0.252 e. The second-order valence-corrected chi connectivity index (χ2v) is 9.08. The summed E-state index contributed by atoms with van der Waals surface area (Å²) in [4.78, 5) is 25.4. The standard InChI is InChI=1S/C21H21ClN4O2S2/c1-14-6-8-15(9-7-14)29-13-11-18(27)24-21-26-25-19(30-21)10-12-23-20(28)16-4-2-3-5-17(16)22/h2-9H,10-13H2,1H3,(H,23,28)(H,24,26,27). The first-order valence-electron chi connectivity index (χ1n) is 9.35. The van der Waals surface area contributed by atoms with Crippen LogP contribution in [0.5, 0.6) is 0 Å². The molecule has 6 nitrogen and oxygen atoms in total. The van der Waals surface area contributed by atoms with E-state index in [1.807, 2.05) is 6.92 Å². The van der Waals surface area contributed by atoms with E-state index in [0.29, 0.717) is 40.9 Å². The number of anilines is 1. The fraction of sp³-hybridized carbons (Fsp3) is 0.238. The highest BCUT2D eigenvalue weighted by Gasteiger charge is 2.11. The van der Waals surface area contributed by atoms with E-state index in [1.165, 1.54) is 16.9 Å². The van der Waals surface area contributed by atoms with Gasteiger partial charge >= 0.3 is 0 Å². The van der Waals surface area contributed by atoms with E-state index in [9.17, 15) is 9.59 Å². The summed E-state index contributed by atoms with van der Waals surface area (Å²) in [5.74, 6) is 0.364. The maximum Gasteiger partial charge on any atom is 0.252 e. The molecule has 0 unspecified atom stereocenters. The van der Waals surface area contributed by atoms with E-state index in [4.69, 9.17) is 11.6 Å². The molecule has 0 radical (unpaired) electrons. The van der Waals surface area contributed by atoms with Gasteiger partial charge in [0.2, 0.25) is 11.0 Å². The number of amides is 2. The normalized spacial score (nSPS) is 10.6. The molecular formula is C21H21ClN4O2S2. The van der Waals surface area contributed by atoms with Crippen LogP contribution in [0, 0.1) is 6.92 Å². The summed E-state index contributed by atoms with van der Waals surface area (Å²) < 4.78 is 0. The van der Waals surface area contributed by atoms with E-state index in [-0.39, 0.29) is 11.8 Å². The van der Waals surface area contributed by atoms with Crippen LogP contribution in [0.2, 0.25) is 5.02 Å². The molecule has 30 heavy (non-hydrogen) atoms. The molecule has 1 aromatic heterocycles. The molecular weight excluding hydrogens is 440 g/mol. The molecule has 2 amide bonds. The van der Waals surface area contributed by atoms with Crippen molar-refractivity contribution in [2.75, 3.05) is 17.6 Å². The third-order valence-electron chi connectivity index (χ3n) is 4.07. The molecule has 0 bridgehead atoms. The molecule has 2 N–H and O–H groups in total. The molecule has 0 aliphatic carbocycles. The van der Waals surface area contributed by atoms with Gasteiger partial charge in [0.15, 0.2) is 0 Å². The largest absolute Gasteiger partial charge is 0.352 e. The average molecular weight is 461 g/mol. The maximum absolute atomic E-state index is 12.1. The van der Waals surface area contributed by atoms with Crippen LogP contribution in [-0.4, -0.2) is 34.3 Å². The third-order valence-corrected chi connectivity index (χ3v) is 6.32. The van der Waals surface area contributed by atoms with Gasteiger partial charge in [-0.15, -0.1) is 22.0 Å². The summed E-state index contributed by atoms with van der Waals surface area (Å²) in [6.45, 7) is 2.45. The molecule has 2 aromatic carbocycles. The van der Waals surface area contributed by atoms with Crippen molar-refractivity contribution in [1.82, 2.24) is 15.5 Å². The van der Waals surface area contributed by atoms with Crippen molar-refractivity contribution >= 4 is 51.6 Å². The molecule has 0 saturated heterocycles. The monoisotopic (exact) mass is 460 g/mol. The lowest BCUT2D eigenvalue weighted by Gasteiger charge is -2.05. The lowest BCUT2D eigenvalue weighted by Crippen LogP contribution is -2.25. The van der Waals surface area contributed by atoms with Gasteiger partial charge in [0.05, 0.1) is 10.6 Å². The van der Waals surface area contributed by atoms with Crippen molar-refractivity contribution in [3.63, 3.8) is 0 Å². The Hall–Kier alpha value is -2.42. The minimum atomic E-state index is -0.232. The highest BCUT2D eigenvalue weighted by atomic mass is 35.5. The molecule has 0 saturated carbocycles. The summed E-state index contributed by atoms with van der Waals surface area (Å²) in [5.41, 5.74) is 1.65. The maximum atomic E-state index is 12.1. The predicted molar refractivity (Wildman–Crippen MR) is 123 cm³/mol. The molecule has 156 valence electrons. The van der Waals surface area contributed by atoms with Crippen molar-refractivity contribution < 1.29 is 9.59 Å². The topological polar surface area (TPSA) is 84.0 Å².